The summed E-state index contributed by atoms with van der Waals surface area (Å²) >= 11 is 6.17. The molecule has 0 N–H and O–H groups in total. The second-order valence-corrected chi connectivity index (χ2v) is 3.77. The Bertz CT molecular complexity index is 396. The summed E-state index contributed by atoms with van der Waals surface area (Å²) in [5, 5.41) is 0. The van der Waals surface area contributed by atoms with Crippen LogP contribution >= 0.6 is 11.3 Å². The lowest BCUT2D eigenvalue weighted by Crippen LogP contribution is -1.71. The molecular weight excluding hydrogens is 181 g/mol. The summed E-state index contributed by atoms with van der Waals surface area (Å²) in [6.07, 6.45) is 0. The molecule has 1 aromatic heterocycles. The number of fused-ring (bicyclic) bond motifs is 1. The van der Waals surface area contributed by atoms with Crippen LogP contribution in [0.5, 0.6) is 0 Å². The third-order valence-corrected chi connectivity index (χ3v) is 2.48. The molecule has 2 aromatic rings. The van der Waals surface area contributed by atoms with Crippen LogP contribution in [-0.2, 0) is 12.6 Å². The van der Waals surface area contributed by atoms with Gasteiger partial charge in [0, 0.05) is 0 Å². The van der Waals surface area contributed by atoms with Crippen LogP contribution in [0.2, 0.25) is 0 Å². The number of rotatable bonds is 0. The van der Waals surface area contributed by atoms with Gasteiger partial charge in [0.25, 0.3) is 0 Å². The number of aromatic nitrogens is 1. The molecule has 11 heavy (non-hydrogen) atoms. The van der Waals surface area contributed by atoms with E-state index < -0.39 is 0 Å². The standard InChI is InChI=1S/C7H4FNS2/c8-4-1-2-5-6(3-4)11-7(10)9-5/h1-3H,(H,9,10)/p-1. The monoisotopic (exact) mass is 184 g/mol. The van der Waals surface area contributed by atoms with Gasteiger partial charge in [-0.3, -0.25) is 4.98 Å². The topological polar surface area (TPSA) is 12.9 Å². The quantitative estimate of drug-likeness (QED) is 0.583. The van der Waals surface area contributed by atoms with Gasteiger partial charge in [0.2, 0.25) is 0 Å². The Labute approximate surface area is 72.3 Å². The highest BCUT2D eigenvalue weighted by Crippen LogP contribution is 2.21. The molecule has 0 amide bonds. The molecule has 0 unspecified atom stereocenters. The number of benzene rings is 1. The van der Waals surface area contributed by atoms with Crippen molar-refractivity contribution in [1.82, 2.24) is 4.98 Å². The molecule has 2 rings (SSSR count). The minimum atomic E-state index is -0.240. The molecule has 0 radical (unpaired) electrons. The van der Waals surface area contributed by atoms with Gasteiger partial charge in [-0.25, -0.2) is 4.39 Å². The molecule has 1 aromatic carbocycles. The van der Waals surface area contributed by atoms with Gasteiger partial charge in [0.05, 0.1) is 5.52 Å². The smallest absolute Gasteiger partial charge is 0.123 e. The van der Waals surface area contributed by atoms with Crippen LogP contribution < -0.4 is 0 Å². The number of nitrogens with zero attached hydrogens (tertiary/aromatic N) is 1. The molecule has 1 nitrogen and oxygen atoms in total. The Hall–Kier alpha value is -0.740. The molecule has 0 aliphatic carbocycles. The normalized spacial score (nSPS) is 10.6. The zero-order valence-electron chi connectivity index (χ0n) is 5.37. The predicted molar refractivity (Wildman–Crippen MR) is 45.2 cm³/mol. The van der Waals surface area contributed by atoms with Crippen molar-refractivity contribution in [3.63, 3.8) is 0 Å². The number of thiazole rings is 1. The summed E-state index contributed by atoms with van der Waals surface area (Å²) < 4.78 is 14.0. The Balaban J connectivity index is 2.82. The third-order valence-electron chi connectivity index (χ3n) is 1.33. The van der Waals surface area contributed by atoms with E-state index in [-0.39, 0.29) is 5.82 Å². The zero-order chi connectivity index (χ0) is 7.84. The fourth-order valence-corrected chi connectivity index (χ4v) is 1.97. The molecule has 0 aliphatic heterocycles. The number of halogens is 1. The SMILES string of the molecule is Fc1ccc2nc([S-])sc2c1. The van der Waals surface area contributed by atoms with Gasteiger partial charge < -0.3 is 24.0 Å². The van der Waals surface area contributed by atoms with Crippen molar-refractivity contribution in [2.45, 2.75) is 4.34 Å². The van der Waals surface area contributed by atoms with E-state index in [0.29, 0.717) is 4.34 Å². The average Bonchev–Trinajstić information content (AvgIpc) is 2.27. The molecule has 1 heterocycles. The summed E-state index contributed by atoms with van der Waals surface area (Å²) in [7, 11) is 0. The van der Waals surface area contributed by atoms with Crippen LogP contribution in [0.15, 0.2) is 22.5 Å². The molecule has 4 heteroatoms. The van der Waals surface area contributed by atoms with Gasteiger partial charge in [-0.15, -0.1) is 0 Å². The Morgan fingerprint density at radius 3 is 3.09 bits per heavy atom. The minimum Gasteiger partial charge on any atom is -0.408 e. The summed E-state index contributed by atoms with van der Waals surface area (Å²) in [5.41, 5.74) is 0.779. The maximum Gasteiger partial charge on any atom is 0.123 e. The first kappa shape index (κ1) is 6.94. The van der Waals surface area contributed by atoms with Crippen LogP contribution in [0.4, 0.5) is 4.39 Å². The van der Waals surface area contributed by atoms with Crippen molar-refractivity contribution < 1.29 is 4.39 Å². The van der Waals surface area contributed by atoms with Crippen LogP contribution in [-0.4, -0.2) is 4.98 Å². The average molecular weight is 184 g/mol. The highest BCUT2D eigenvalue weighted by atomic mass is 32.2. The van der Waals surface area contributed by atoms with Crippen molar-refractivity contribution in [3.8, 4) is 0 Å². The van der Waals surface area contributed by atoms with Crippen molar-refractivity contribution in [3.05, 3.63) is 24.0 Å². The van der Waals surface area contributed by atoms with Crippen LogP contribution in [0.25, 0.3) is 10.2 Å². The minimum absolute atomic E-state index is 0.240. The fourth-order valence-electron chi connectivity index (χ4n) is 0.877. The molecule has 0 saturated heterocycles. The van der Waals surface area contributed by atoms with Crippen molar-refractivity contribution >= 4 is 34.2 Å². The molecular formula is C7H3FNS2-. The van der Waals surface area contributed by atoms with Crippen LogP contribution in [0, 0.1) is 5.82 Å². The molecule has 56 valence electrons. The van der Waals surface area contributed by atoms with Gasteiger partial charge in [0.15, 0.2) is 0 Å². The van der Waals surface area contributed by atoms with E-state index in [1.807, 2.05) is 0 Å². The molecule has 0 atom stereocenters. The van der Waals surface area contributed by atoms with E-state index >= 15 is 0 Å². The first-order chi connectivity index (χ1) is 5.25. The van der Waals surface area contributed by atoms with Crippen molar-refractivity contribution in [1.29, 1.82) is 0 Å². The second-order valence-electron chi connectivity index (χ2n) is 2.09. The first-order valence-corrected chi connectivity index (χ1v) is 4.21. The van der Waals surface area contributed by atoms with Gasteiger partial charge >= 0.3 is 0 Å². The molecule has 0 bridgehead atoms. The van der Waals surface area contributed by atoms with E-state index in [4.69, 9.17) is 12.6 Å². The lowest BCUT2D eigenvalue weighted by Gasteiger charge is -1.89. The zero-order valence-corrected chi connectivity index (χ0v) is 7.01. The lowest BCUT2D eigenvalue weighted by atomic mass is 10.3. The largest absolute Gasteiger partial charge is 0.408 e. The molecule has 0 aliphatic rings. The van der Waals surface area contributed by atoms with Gasteiger partial charge in [0.1, 0.15) is 5.82 Å². The molecule has 0 spiro atoms. The Morgan fingerprint density at radius 1 is 1.45 bits per heavy atom. The van der Waals surface area contributed by atoms with Crippen LogP contribution in [0.1, 0.15) is 0 Å². The lowest BCUT2D eigenvalue weighted by molar-refractivity contribution is 0.630. The van der Waals surface area contributed by atoms with E-state index in [2.05, 4.69) is 4.98 Å². The Morgan fingerprint density at radius 2 is 2.27 bits per heavy atom. The predicted octanol–water partition coefficient (Wildman–Crippen LogP) is 2.34. The van der Waals surface area contributed by atoms with E-state index in [9.17, 15) is 4.39 Å². The van der Waals surface area contributed by atoms with Crippen molar-refractivity contribution in [2.24, 2.45) is 0 Å². The second kappa shape index (κ2) is 2.39. The van der Waals surface area contributed by atoms with Crippen molar-refractivity contribution in [2.75, 3.05) is 0 Å². The summed E-state index contributed by atoms with van der Waals surface area (Å²) in [5.74, 6) is -0.240. The van der Waals surface area contributed by atoms with E-state index in [1.165, 1.54) is 23.5 Å². The molecule has 0 fully saturated rings. The van der Waals surface area contributed by atoms with Gasteiger partial charge in [-0.05, 0) is 27.2 Å². The first-order valence-electron chi connectivity index (χ1n) is 2.99. The highest BCUT2D eigenvalue weighted by Gasteiger charge is 1.93. The fraction of sp³-hybridized carbons (Fsp3) is 0. The van der Waals surface area contributed by atoms with E-state index in [0.717, 1.165) is 10.2 Å². The molecule has 0 saturated carbocycles. The maximum atomic E-state index is 12.6. The van der Waals surface area contributed by atoms with Gasteiger partial charge in [-0.2, -0.15) is 0 Å². The third kappa shape index (κ3) is 1.19. The summed E-state index contributed by atoms with van der Waals surface area (Å²) in [4.78, 5) is 4.02. The summed E-state index contributed by atoms with van der Waals surface area (Å²) in [6.45, 7) is 0. The summed E-state index contributed by atoms with van der Waals surface area (Å²) in [6, 6.07) is 4.47. The van der Waals surface area contributed by atoms with Crippen LogP contribution in [0.3, 0.4) is 0 Å². The van der Waals surface area contributed by atoms with Gasteiger partial charge in [-0.1, -0.05) is 0 Å². The highest BCUT2D eigenvalue weighted by molar-refractivity contribution is 7.63. The number of hydrogen-bond donors (Lipinski definition) is 0. The maximum absolute atomic E-state index is 12.6. The van der Waals surface area contributed by atoms with E-state index in [1.54, 1.807) is 6.07 Å². The Kier molecular flexibility index (Phi) is 1.51. The number of hydrogen-bond acceptors (Lipinski definition) is 3.